The van der Waals surface area contributed by atoms with Gasteiger partial charge >= 0.3 is 0 Å². The average molecular weight is 253 g/mol. The summed E-state index contributed by atoms with van der Waals surface area (Å²) in [6, 6.07) is 4.26. The van der Waals surface area contributed by atoms with Crippen LogP contribution in [0.4, 0.5) is 0 Å². The van der Waals surface area contributed by atoms with E-state index in [4.69, 9.17) is 4.98 Å². The van der Waals surface area contributed by atoms with Gasteiger partial charge in [-0.2, -0.15) is 0 Å². The predicted octanol–water partition coefficient (Wildman–Crippen LogP) is 5.02. The van der Waals surface area contributed by atoms with Crippen molar-refractivity contribution in [3.05, 3.63) is 59.0 Å². The molecule has 1 aromatic rings. The van der Waals surface area contributed by atoms with E-state index in [0.717, 1.165) is 24.1 Å². The second kappa shape index (κ2) is 6.01. The predicted molar refractivity (Wildman–Crippen MR) is 83.1 cm³/mol. The molecule has 0 saturated carbocycles. The lowest BCUT2D eigenvalue weighted by Gasteiger charge is -2.14. The van der Waals surface area contributed by atoms with Crippen molar-refractivity contribution in [2.75, 3.05) is 0 Å². The highest BCUT2D eigenvalue weighted by atomic mass is 14.7. The molecule has 0 aromatic carbocycles. The topological polar surface area (TPSA) is 12.9 Å². The molecule has 1 aliphatic carbocycles. The summed E-state index contributed by atoms with van der Waals surface area (Å²) in [5.74, 6) is 0. The maximum atomic E-state index is 4.80. The Balaban J connectivity index is 2.22. The SMILES string of the molecule is C=C(CC)c1ccc(C)c(CC2=CC=C(C)CC2)n1. The zero-order chi connectivity index (χ0) is 13.8. The minimum absolute atomic E-state index is 0.958. The second-order valence-corrected chi connectivity index (χ2v) is 5.43. The van der Waals surface area contributed by atoms with Crippen molar-refractivity contribution in [1.82, 2.24) is 4.98 Å². The molecule has 1 heteroatoms. The monoisotopic (exact) mass is 253 g/mol. The van der Waals surface area contributed by atoms with Gasteiger partial charge in [-0.05, 0) is 50.3 Å². The molecule has 100 valence electrons. The zero-order valence-corrected chi connectivity index (χ0v) is 12.3. The quantitative estimate of drug-likeness (QED) is 0.734. The Kier molecular flexibility index (Phi) is 4.36. The molecular formula is C18H23N. The molecule has 0 aliphatic heterocycles. The van der Waals surface area contributed by atoms with Crippen molar-refractivity contribution in [3.8, 4) is 0 Å². The van der Waals surface area contributed by atoms with Crippen molar-refractivity contribution in [3.63, 3.8) is 0 Å². The normalized spacial score (nSPS) is 14.9. The van der Waals surface area contributed by atoms with Crippen LogP contribution in [0.25, 0.3) is 5.57 Å². The molecule has 1 aromatic heterocycles. The van der Waals surface area contributed by atoms with Crippen molar-refractivity contribution >= 4 is 5.57 Å². The fourth-order valence-corrected chi connectivity index (χ4v) is 2.27. The van der Waals surface area contributed by atoms with Gasteiger partial charge in [-0.1, -0.05) is 42.9 Å². The van der Waals surface area contributed by atoms with Crippen molar-refractivity contribution < 1.29 is 0 Å². The van der Waals surface area contributed by atoms with E-state index in [2.05, 4.69) is 51.6 Å². The number of hydrogen-bond acceptors (Lipinski definition) is 1. The summed E-state index contributed by atoms with van der Waals surface area (Å²) in [5.41, 5.74) is 7.61. The Morgan fingerprint density at radius 2 is 2.00 bits per heavy atom. The first-order valence-electron chi connectivity index (χ1n) is 7.10. The summed E-state index contributed by atoms with van der Waals surface area (Å²) >= 11 is 0. The third-order valence-corrected chi connectivity index (χ3v) is 3.83. The van der Waals surface area contributed by atoms with Gasteiger partial charge in [0.2, 0.25) is 0 Å². The van der Waals surface area contributed by atoms with E-state index in [9.17, 15) is 0 Å². The molecule has 0 bridgehead atoms. The maximum absolute atomic E-state index is 4.80. The first-order chi connectivity index (χ1) is 9.10. The number of rotatable bonds is 4. The highest BCUT2D eigenvalue weighted by Gasteiger charge is 2.09. The third-order valence-electron chi connectivity index (χ3n) is 3.83. The fraction of sp³-hybridized carbons (Fsp3) is 0.389. The summed E-state index contributed by atoms with van der Waals surface area (Å²) in [5, 5.41) is 0. The number of aromatic nitrogens is 1. The van der Waals surface area contributed by atoms with Gasteiger partial charge in [0.25, 0.3) is 0 Å². The van der Waals surface area contributed by atoms with Gasteiger partial charge in [-0.25, -0.2) is 0 Å². The van der Waals surface area contributed by atoms with Gasteiger partial charge in [-0.15, -0.1) is 0 Å². The largest absolute Gasteiger partial charge is 0.253 e. The average Bonchev–Trinajstić information content (AvgIpc) is 2.43. The minimum Gasteiger partial charge on any atom is -0.253 e. The van der Waals surface area contributed by atoms with Crippen LogP contribution in [0.15, 0.2) is 42.0 Å². The van der Waals surface area contributed by atoms with E-state index in [0.29, 0.717) is 0 Å². The van der Waals surface area contributed by atoms with Crippen LogP contribution in [-0.4, -0.2) is 4.98 Å². The Morgan fingerprint density at radius 1 is 1.21 bits per heavy atom. The van der Waals surface area contributed by atoms with Crippen molar-refractivity contribution in [1.29, 1.82) is 0 Å². The molecule has 19 heavy (non-hydrogen) atoms. The van der Waals surface area contributed by atoms with Crippen LogP contribution in [0.2, 0.25) is 0 Å². The number of aryl methyl sites for hydroxylation is 1. The Bertz CT molecular complexity index is 547. The Morgan fingerprint density at radius 3 is 2.63 bits per heavy atom. The maximum Gasteiger partial charge on any atom is 0.0659 e. The molecule has 0 unspecified atom stereocenters. The molecule has 0 atom stereocenters. The van der Waals surface area contributed by atoms with Crippen LogP contribution < -0.4 is 0 Å². The minimum atomic E-state index is 0.958. The van der Waals surface area contributed by atoms with Gasteiger partial charge in [0, 0.05) is 12.1 Å². The number of hydrogen-bond donors (Lipinski definition) is 0. The lowest BCUT2D eigenvalue weighted by Crippen LogP contribution is -2.02. The highest BCUT2D eigenvalue weighted by Crippen LogP contribution is 2.23. The molecule has 2 rings (SSSR count). The summed E-state index contributed by atoms with van der Waals surface area (Å²) in [4.78, 5) is 4.80. The number of allylic oxidation sites excluding steroid dienone is 5. The summed E-state index contributed by atoms with van der Waals surface area (Å²) in [6.45, 7) is 10.6. The molecule has 0 radical (unpaired) electrons. The van der Waals surface area contributed by atoms with E-state index in [1.54, 1.807) is 0 Å². The third kappa shape index (κ3) is 3.44. The van der Waals surface area contributed by atoms with Crippen molar-refractivity contribution in [2.45, 2.75) is 46.5 Å². The number of pyridine rings is 1. The molecule has 1 aliphatic rings. The van der Waals surface area contributed by atoms with E-state index in [1.807, 2.05) is 0 Å². The van der Waals surface area contributed by atoms with Gasteiger partial charge in [0.15, 0.2) is 0 Å². The van der Waals surface area contributed by atoms with Crippen LogP contribution >= 0.6 is 0 Å². The molecule has 0 spiro atoms. The fourth-order valence-electron chi connectivity index (χ4n) is 2.27. The van der Waals surface area contributed by atoms with Crippen molar-refractivity contribution in [2.24, 2.45) is 0 Å². The second-order valence-electron chi connectivity index (χ2n) is 5.43. The molecule has 1 nitrogen and oxygen atoms in total. The first kappa shape index (κ1) is 13.8. The molecule has 0 fully saturated rings. The van der Waals surface area contributed by atoms with Gasteiger partial charge in [-0.3, -0.25) is 4.98 Å². The smallest absolute Gasteiger partial charge is 0.0659 e. The van der Waals surface area contributed by atoms with E-state index < -0.39 is 0 Å². The molecule has 1 heterocycles. The van der Waals surface area contributed by atoms with E-state index >= 15 is 0 Å². The standard InChI is InChI=1S/C18H23N/c1-5-14(3)17-11-8-15(4)18(19-17)12-16-9-6-13(2)7-10-16/h6,8-9,11H,3,5,7,10,12H2,1-2,4H3. The Labute approximate surface area is 116 Å². The van der Waals surface area contributed by atoms with Gasteiger partial charge in [0.05, 0.1) is 5.69 Å². The van der Waals surface area contributed by atoms with E-state index in [-0.39, 0.29) is 0 Å². The highest BCUT2D eigenvalue weighted by molar-refractivity contribution is 5.60. The summed E-state index contributed by atoms with van der Waals surface area (Å²) in [6.07, 6.45) is 8.79. The van der Waals surface area contributed by atoms with Crippen LogP contribution in [0.5, 0.6) is 0 Å². The van der Waals surface area contributed by atoms with Gasteiger partial charge < -0.3 is 0 Å². The van der Waals surface area contributed by atoms with Crippen LogP contribution in [0.1, 0.15) is 50.1 Å². The first-order valence-corrected chi connectivity index (χ1v) is 7.10. The van der Waals surface area contributed by atoms with Crippen LogP contribution in [-0.2, 0) is 6.42 Å². The Hall–Kier alpha value is -1.63. The molecule has 0 N–H and O–H groups in total. The van der Waals surface area contributed by atoms with Gasteiger partial charge in [0.1, 0.15) is 0 Å². The summed E-state index contributed by atoms with van der Waals surface area (Å²) < 4.78 is 0. The van der Waals surface area contributed by atoms with Crippen LogP contribution in [0, 0.1) is 6.92 Å². The lowest BCUT2D eigenvalue weighted by molar-refractivity contribution is 0.852. The molecular weight excluding hydrogens is 230 g/mol. The van der Waals surface area contributed by atoms with E-state index in [1.165, 1.54) is 35.2 Å². The van der Waals surface area contributed by atoms with Crippen LogP contribution in [0.3, 0.4) is 0 Å². The zero-order valence-electron chi connectivity index (χ0n) is 12.3. The number of nitrogens with zero attached hydrogens (tertiary/aromatic N) is 1. The molecule has 0 amide bonds. The molecule has 0 saturated heterocycles. The summed E-state index contributed by atoms with van der Waals surface area (Å²) in [7, 11) is 0. The lowest BCUT2D eigenvalue weighted by atomic mass is 9.94.